The lowest BCUT2D eigenvalue weighted by Gasteiger charge is -2.23. The van der Waals surface area contributed by atoms with Crippen molar-refractivity contribution in [1.82, 2.24) is 0 Å². The SMILES string of the molecule is O=C(Nc1cc(N2CCCCCC2)ccc1C(=O)O)OCc1ccccc1. The topological polar surface area (TPSA) is 78.9 Å². The third kappa shape index (κ3) is 5.23. The number of carboxylic acid groups (broad SMARTS) is 1. The molecule has 27 heavy (non-hydrogen) atoms. The maximum Gasteiger partial charge on any atom is 0.411 e. The lowest BCUT2D eigenvalue weighted by atomic mass is 10.1. The molecule has 6 nitrogen and oxygen atoms in total. The second kappa shape index (κ2) is 9.07. The van der Waals surface area contributed by atoms with Gasteiger partial charge >= 0.3 is 12.1 Å². The Bertz CT molecular complexity index is 784. The van der Waals surface area contributed by atoms with E-state index in [1.807, 2.05) is 30.3 Å². The number of nitrogens with zero attached hydrogens (tertiary/aromatic N) is 1. The van der Waals surface area contributed by atoms with Crippen molar-refractivity contribution in [1.29, 1.82) is 0 Å². The average molecular weight is 368 g/mol. The van der Waals surface area contributed by atoms with E-state index in [0.717, 1.165) is 37.2 Å². The van der Waals surface area contributed by atoms with E-state index in [1.54, 1.807) is 12.1 Å². The van der Waals surface area contributed by atoms with Gasteiger partial charge in [-0.1, -0.05) is 43.2 Å². The highest BCUT2D eigenvalue weighted by Gasteiger charge is 2.17. The standard InChI is InChI=1S/C21H24N2O4/c24-20(25)18-11-10-17(23-12-6-1-2-7-13-23)14-19(18)22-21(26)27-15-16-8-4-3-5-9-16/h3-5,8-11,14H,1-2,6-7,12-13,15H2,(H,22,26)(H,24,25). The maximum atomic E-state index is 12.2. The van der Waals surface area contributed by atoms with Gasteiger partial charge in [0.1, 0.15) is 6.61 Å². The van der Waals surface area contributed by atoms with Crippen LogP contribution in [0.5, 0.6) is 0 Å². The molecule has 2 aromatic rings. The van der Waals surface area contributed by atoms with Gasteiger partial charge in [-0.3, -0.25) is 5.32 Å². The summed E-state index contributed by atoms with van der Waals surface area (Å²) in [5.41, 5.74) is 2.08. The van der Waals surface area contributed by atoms with Crippen LogP contribution in [-0.2, 0) is 11.3 Å². The number of ether oxygens (including phenoxy) is 1. The number of anilines is 2. The van der Waals surface area contributed by atoms with E-state index in [9.17, 15) is 14.7 Å². The zero-order valence-electron chi connectivity index (χ0n) is 15.2. The number of carbonyl (C=O) groups is 2. The average Bonchev–Trinajstić information content (AvgIpc) is 2.96. The number of rotatable bonds is 5. The normalized spacial score (nSPS) is 14.3. The Kier molecular flexibility index (Phi) is 6.30. The summed E-state index contributed by atoms with van der Waals surface area (Å²) in [6.07, 6.45) is 3.97. The van der Waals surface area contributed by atoms with Crippen molar-refractivity contribution in [2.24, 2.45) is 0 Å². The van der Waals surface area contributed by atoms with E-state index < -0.39 is 12.1 Å². The van der Waals surface area contributed by atoms with Gasteiger partial charge < -0.3 is 14.7 Å². The third-order valence-electron chi connectivity index (χ3n) is 4.65. The molecule has 0 aromatic heterocycles. The van der Waals surface area contributed by atoms with E-state index in [0.29, 0.717) is 0 Å². The molecule has 0 bridgehead atoms. The molecule has 1 aliphatic rings. The van der Waals surface area contributed by atoms with Gasteiger partial charge in [0.2, 0.25) is 0 Å². The number of benzene rings is 2. The summed E-state index contributed by atoms with van der Waals surface area (Å²) in [7, 11) is 0. The lowest BCUT2D eigenvalue weighted by molar-refractivity contribution is 0.0698. The summed E-state index contributed by atoms with van der Waals surface area (Å²) in [6.45, 7) is 2.00. The van der Waals surface area contributed by atoms with Crippen molar-refractivity contribution in [3.63, 3.8) is 0 Å². The monoisotopic (exact) mass is 368 g/mol. The second-order valence-corrected chi connectivity index (χ2v) is 6.62. The van der Waals surface area contributed by atoms with Crippen molar-refractivity contribution in [3.8, 4) is 0 Å². The molecule has 0 radical (unpaired) electrons. The molecule has 1 heterocycles. The van der Waals surface area contributed by atoms with E-state index >= 15 is 0 Å². The number of aromatic carboxylic acids is 1. The summed E-state index contributed by atoms with van der Waals surface area (Å²) >= 11 is 0. The van der Waals surface area contributed by atoms with Crippen LogP contribution in [0.2, 0.25) is 0 Å². The van der Waals surface area contributed by atoms with Crippen LogP contribution in [0.4, 0.5) is 16.2 Å². The van der Waals surface area contributed by atoms with E-state index in [4.69, 9.17) is 4.74 Å². The zero-order valence-corrected chi connectivity index (χ0v) is 15.2. The molecular weight excluding hydrogens is 344 g/mol. The van der Waals surface area contributed by atoms with Gasteiger partial charge in [0.25, 0.3) is 0 Å². The van der Waals surface area contributed by atoms with Crippen molar-refractivity contribution < 1.29 is 19.4 Å². The molecule has 2 aromatic carbocycles. The molecule has 0 spiro atoms. The maximum absolute atomic E-state index is 12.2. The molecule has 1 fully saturated rings. The molecule has 0 unspecified atom stereocenters. The minimum absolute atomic E-state index is 0.0465. The van der Waals surface area contributed by atoms with Crippen molar-refractivity contribution >= 4 is 23.4 Å². The number of carbonyl (C=O) groups excluding carboxylic acids is 1. The first-order chi connectivity index (χ1) is 13.1. The predicted molar refractivity (Wildman–Crippen MR) is 104 cm³/mol. The number of amides is 1. The van der Waals surface area contributed by atoms with Crippen LogP contribution in [0.1, 0.15) is 41.6 Å². The molecule has 0 aliphatic carbocycles. The Morgan fingerprint density at radius 3 is 2.37 bits per heavy atom. The quantitative estimate of drug-likeness (QED) is 0.811. The van der Waals surface area contributed by atoms with Gasteiger partial charge in [-0.05, 0) is 36.6 Å². The second-order valence-electron chi connectivity index (χ2n) is 6.62. The fourth-order valence-electron chi connectivity index (χ4n) is 3.22. The first kappa shape index (κ1) is 18.8. The van der Waals surface area contributed by atoms with Gasteiger partial charge in [0.05, 0.1) is 11.3 Å². The molecular formula is C21H24N2O4. The largest absolute Gasteiger partial charge is 0.478 e. The Morgan fingerprint density at radius 2 is 1.70 bits per heavy atom. The highest BCUT2D eigenvalue weighted by molar-refractivity contribution is 5.99. The number of hydrogen-bond donors (Lipinski definition) is 2. The minimum atomic E-state index is -1.09. The summed E-state index contributed by atoms with van der Waals surface area (Å²) in [6, 6.07) is 14.4. The van der Waals surface area contributed by atoms with E-state index in [1.165, 1.54) is 18.9 Å². The smallest absolute Gasteiger partial charge is 0.411 e. The Balaban J connectivity index is 1.72. The zero-order chi connectivity index (χ0) is 19.1. The third-order valence-corrected chi connectivity index (χ3v) is 4.65. The summed E-state index contributed by atoms with van der Waals surface area (Å²) < 4.78 is 5.22. The molecule has 3 rings (SSSR count). The van der Waals surface area contributed by atoms with Crippen LogP contribution in [0, 0.1) is 0 Å². The Hall–Kier alpha value is -3.02. The molecule has 0 atom stereocenters. The highest BCUT2D eigenvalue weighted by atomic mass is 16.5. The lowest BCUT2D eigenvalue weighted by Crippen LogP contribution is -2.24. The molecule has 142 valence electrons. The molecule has 2 N–H and O–H groups in total. The van der Waals surface area contributed by atoms with Gasteiger partial charge in [-0.15, -0.1) is 0 Å². The molecule has 6 heteroatoms. The van der Waals surface area contributed by atoms with Crippen LogP contribution in [-0.4, -0.2) is 30.3 Å². The first-order valence-corrected chi connectivity index (χ1v) is 9.23. The highest BCUT2D eigenvalue weighted by Crippen LogP contribution is 2.26. The predicted octanol–water partition coefficient (Wildman–Crippen LogP) is 4.51. The number of hydrogen-bond acceptors (Lipinski definition) is 4. The summed E-state index contributed by atoms with van der Waals surface area (Å²) in [5.74, 6) is -1.09. The van der Waals surface area contributed by atoms with Crippen LogP contribution in [0.25, 0.3) is 0 Å². The molecule has 1 amide bonds. The fourth-order valence-corrected chi connectivity index (χ4v) is 3.22. The van der Waals surface area contributed by atoms with Crippen LogP contribution in [0.15, 0.2) is 48.5 Å². The van der Waals surface area contributed by atoms with Gasteiger partial charge in [0, 0.05) is 18.8 Å². The van der Waals surface area contributed by atoms with Crippen LogP contribution < -0.4 is 10.2 Å². The number of carboxylic acids is 1. The van der Waals surface area contributed by atoms with E-state index in [2.05, 4.69) is 10.2 Å². The van der Waals surface area contributed by atoms with Gasteiger partial charge in [-0.25, -0.2) is 9.59 Å². The molecule has 0 saturated carbocycles. The summed E-state index contributed by atoms with van der Waals surface area (Å²) in [5, 5.41) is 12.0. The number of nitrogens with one attached hydrogen (secondary N) is 1. The van der Waals surface area contributed by atoms with Gasteiger partial charge in [-0.2, -0.15) is 0 Å². The fraction of sp³-hybridized carbons (Fsp3) is 0.333. The minimum Gasteiger partial charge on any atom is -0.478 e. The Labute approximate surface area is 158 Å². The first-order valence-electron chi connectivity index (χ1n) is 9.23. The van der Waals surface area contributed by atoms with Crippen LogP contribution >= 0.6 is 0 Å². The van der Waals surface area contributed by atoms with Crippen molar-refractivity contribution in [3.05, 3.63) is 59.7 Å². The Morgan fingerprint density at radius 1 is 1.00 bits per heavy atom. The molecule has 1 saturated heterocycles. The summed E-state index contributed by atoms with van der Waals surface area (Å²) in [4.78, 5) is 25.9. The van der Waals surface area contributed by atoms with Gasteiger partial charge in [0.15, 0.2) is 0 Å². The van der Waals surface area contributed by atoms with Crippen LogP contribution in [0.3, 0.4) is 0 Å². The molecule has 1 aliphatic heterocycles. The van der Waals surface area contributed by atoms with Crippen molar-refractivity contribution in [2.75, 3.05) is 23.3 Å². The van der Waals surface area contributed by atoms with E-state index in [-0.39, 0.29) is 17.9 Å². The van der Waals surface area contributed by atoms with Crippen molar-refractivity contribution in [2.45, 2.75) is 32.3 Å².